The third kappa shape index (κ3) is 2.68. The van der Waals surface area contributed by atoms with Crippen molar-refractivity contribution >= 4 is 0 Å². The van der Waals surface area contributed by atoms with E-state index in [2.05, 4.69) is 0 Å². The second kappa shape index (κ2) is 5.23. The Morgan fingerprint density at radius 3 is 2.44 bits per heavy atom. The molecule has 16 heavy (non-hydrogen) atoms. The van der Waals surface area contributed by atoms with Crippen molar-refractivity contribution in [3.63, 3.8) is 0 Å². The summed E-state index contributed by atoms with van der Waals surface area (Å²) in [5, 5.41) is 9.66. The van der Waals surface area contributed by atoms with Gasteiger partial charge in [0, 0.05) is 6.04 Å². The van der Waals surface area contributed by atoms with Crippen LogP contribution < -0.4 is 10.5 Å². The van der Waals surface area contributed by atoms with E-state index in [4.69, 9.17) is 10.5 Å². The molecule has 0 spiro atoms. The van der Waals surface area contributed by atoms with Crippen LogP contribution in [0.1, 0.15) is 30.6 Å². The monoisotopic (exact) mass is 231 g/mol. The van der Waals surface area contributed by atoms with Crippen molar-refractivity contribution in [2.75, 3.05) is 7.11 Å². The van der Waals surface area contributed by atoms with Gasteiger partial charge in [-0.3, -0.25) is 0 Å². The topological polar surface area (TPSA) is 55.5 Å². The molecular weight excluding hydrogens is 216 g/mol. The highest BCUT2D eigenvalue weighted by molar-refractivity contribution is 5.39. The fourth-order valence-corrected chi connectivity index (χ4v) is 1.41. The average molecular weight is 231 g/mol. The van der Waals surface area contributed by atoms with Crippen molar-refractivity contribution in [2.45, 2.75) is 25.5 Å². The molecule has 0 radical (unpaired) electrons. The van der Waals surface area contributed by atoms with Crippen molar-refractivity contribution in [1.82, 2.24) is 0 Å². The van der Waals surface area contributed by atoms with E-state index in [1.54, 1.807) is 6.92 Å². The zero-order chi connectivity index (χ0) is 12.3. The van der Waals surface area contributed by atoms with Crippen LogP contribution in [0, 0.1) is 0 Å². The summed E-state index contributed by atoms with van der Waals surface area (Å²) in [6, 6.07) is 3.64. The van der Waals surface area contributed by atoms with Gasteiger partial charge in [0.2, 0.25) is 0 Å². The van der Waals surface area contributed by atoms with Gasteiger partial charge in [-0.25, -0.2) is 8.78 Å². The minimum atomic E-state index is -2.64. The number of benzene rings is 1. The van der Waals surface area contributed by atoms with E-state index in [1.165, 1.54) is 25.3 Å². The minimum Gasteiger partial charge on any atom is -0.496 e. The summed E-state index contributed by atoms with van der Waals surface area (Å²) in [7, 11) is 1.32. The molecule has 0 aliphatic rings. The first kappa shape index (κ1) is 12.9. The van der Waals surface area contributed by atoms with Crippen LogP contribution in [0.4, 0.5) is 8.78 Å². The highest BCUT2D eigenvalue weighted by Crippen LogP contribution is 2.31. The lowest BCUT2D eigenvalue weighted by Gasteiger charge is -2.17. The van der Waals surface area contributed by atoms with Crippen LogP contribution in [0.15, 0.2) is 18.2 Å². The Hall–Kier alpha value is -1.20. The van der Waals surface area contributed by atoms with Crippen LogP contribution >= 0.6 is 0 Å². The number of hydrogen-bond donors (Lipinski definition) is 2. The fourth-order valence-electron chi connectivity index (χ4n) is 1.41. The second-order valence-corrected chi connectivity index (χ2v) is 3.61. The maximum absolute atomic E-state index is 12.7. The van der Waals surface area contributed by atoms with Gasteiger partial charge in [0.05, 0.1) is 18.8 Å². The van der Waals surface area contributed by atoms with Crippen LogP contribution in [-0.4, -0.2) is 18.3 Å². The largest absolute Gasteiger partial charge is 0.496 e. The number of halogens is 2. The Balaban J connectivity index is 3.11. The Morgan fingerprint density at radius 2 is 2.00 bits per heavy atom. The first-order chi connectivity index (χ1) is 7.47. The minimum absolute atomic E-state index is 0.107. The van der Waals surface area contributed by atoms with E-state index >= 15 is 0 Å². The van der Waals surface area contributed by atoms with Crippen LogP contribution in [0.25, 0.3) is 0 Å². The molecule has 0 aromatic heterocycles. The molecule has 0 heterocycles. The van der Waals surface area contributed by atoms with E-state index < -0.39 is 18.6 Å². The molecule has 3 N–H and O–H groups in total. The molecular formula is C11H15F2NO2. The maximum atomic E-state index is 12.7. The Labute approximate surface area is 92.8 Å². The Bertz CT molecular complexity index is 356. The van der Waals surface area contributed by atoms with Gasteiger partial charge in [-0.05, 0) is 24.6 Å². The zero-order valence-corrected chi connectivity index (χ0v) is 9.15. The quantitative estimate of drug-likeness (QED) is 0.833. The van der Waals surface area contributed by atoms with E-state index in [0.717, 1.165) is 0 Å². The molecule has 1 aromatic carbocycles. The van der Waals surface area contributed by atoms with Crippen molar-refractivity contribution in [3.8, 4) is 5.75 Å². The lowest BCUT2D eigenvalue weighted by Crippen LogP contribution is -2.24. The lowest BCUT2D eigenvalue weighted by molar-refractivity contribution is 0.142. The van der Waals surface area contributed by atoms with Crippen molar-refractivity contribution in [2.24, 2.45) is 5.73 Å². The average Bonchev–Trinajstić information content (AvgIpc) is 2.26. The van der Waals surface area contributed by atoms with Crippen LogP contribution in [0.2, 0.25) is 0 Å². The Morgan fingerprint density at radius 1 is 1.38 bits per heavy atom. The summed E-state index contributed by atoms with van der Waals surface area (Å²) >= 11 is 0. The van der Waals surface area contributed by atoms with Gasteiger partial charge in [-0.15, -0.1) is 0 Å². The number of ether oxygens (including phenoxy) is 1. The maximum Gasteiger partial charge on any atom is 0.267 e. The number of hydrogen-bond acceptors (Lipinski definition) is 3. The third-order valence-corrected chi connectivity index (χ3v) is 2.33. The molecule has 0 aliphatic heterocycles. The van der Waals surface area contributed by atoms with Gasteiger partial charge in [-0.1, -0.05) is 6.07 Å². The summed E-state index contributed by atoms with van der Waals surface area (Å²) in [5.41, 5.74) is 5.63. The molecule has 0 fully saturated rings. The second-order valence-electron chi connectivity index (χ2n) is 3.61. The molecule has 0 amide bonds. The lowest BCUT2D eigenvalue weighted by atomic mass is 10.0. The van der Waals surface area contributed by atoms with Crippen LogP contribution in [-0.2, 0) is 0 Å². The molecule has 3 nitrogen and oxygen atoms in total. The number of rotatable bonds is 4. The summed E-state index contributed by atoms with van der Waals surface area (Å²) in [6.07, 6.45) is -3.60. The molecule has 5 heteroatoms. The van der Waals surface area contributed by atoms with Gasteiger partial charge < -0.3 is 15.6 Å². The van der Waals surface area contributed by atoms with Crippen LogP contribution in [0.3, 0.4) is 0 Å². The summed E-state index contributed by atoms with van der Waals surface area (Å²) < 4.78 is 30.1. The number of aliphatic hydroxyl groups excluding tert-OH is 1. The molecule has 1 aromatic rings. The predicted molar refractivity (Wildman–Crippen MR) is 56.6 cm³/mol. The van der Waals surface area contributed by atoms with Gasteiger partial charge in [0.15, 0.2) is 0 Å². The van der Waals surface area contributed by atoms with E-state index in [1.807, 2.05) is 0 Å². The van der Waals surface area contributed by atoms with Gasteiger partial charge in [-0.2, -0.15) is 0 Å². The zero-order valence-electron chi connectivity index (χ0n) is 9.15. The van der Waals surface area contributed by atoms with Crippen molar-refractivity contribution in [1.29, 1.82) is 0 Å². The molecule has 0 aliphatic carbocycles. The van der Waals surface area contributed by atoms with Crippen molar-refractivity contribution < 1.29 is 18.6 Å². The number of aliphatic hydroxyl groups is 1. The van der Waals surface area contributed by atoms with E-state index in [9.17, 15) is 13.9 Å². The molecule has 2 unspecified atom stereocenters. The molecule has 0 saturated carbocycles. The van der Waals surface area contributed by atoms with Crippen molar-refractivity contribution in [3.05, 3.63) is 29.3 Å². The predicted octanol–water partition coefficient (Wildman–Crippen LogP) is 2.01. The molecule has 1 rings (SSSR count). The number of methoxy groups -OCH3 is 1. The standard InChI is InChI=1S/C11H15F2NO2/c1-6(14)10(15)7-3-4-9(16-2)8(5-7)11(12)13/h3-6,10-11,15H,14H2,1-2H3. The third-order valence-electron chi connectivity index (χ3n) is 2.33. The highest BCUT2D eigenvalue weighted by atomic mass is 19.3. The SMILES string of the molecule is COc1ccc(C(O)C(C)N)cc1C(F)F. The molecule has 2 atom stereocenters. The van der Waals surface area contributed by atoms with Crippen LogP contribution in [0.5, 0.6) is 5.75 Å². The smallest absolute Gasteiger partial charge is 0.267 e. The van der Waals surface area contributed by atoms with Gasteiger partial charge >= 0.3 is 0 Å². The molecule has 0 bridgehead atoms. The van der Waals surface area contributed by atoms with E-state index in [0.29, 0.717) is 5.56 Å². The first-order valence-electron chi connectivity index (χ1n) is 4.87. The van der Waals surface area contributed by atoms with E-state index in [-0.39, 0.29) is 11.3 Å². The Kier molecular flexibility index (Phi) is 4.20. The van der Waals surface area contributed by atoms with Gasteiger partial charge in [0.25, 0.3) is 6.43 Å². The molecule has 90 valence electrons. The summed E-state index contributed by atoms with van der Waals surface area (Å²) in [4.78, 5) is 0. The highest BCUT2D eigenvalue weighted by Gasteiger charge is 2.18. The normalized spacial score (nSPS) is 14.9. The number of alkyl halides is 2. The molecule has 0 saturated heterocycles. The van der Waals surface area contributed by atoms with Gasteiger partial charge in [0.1, 0.15) is 5.75 Å². The first-order valence-corrected chi connectivity index (χ1v) is 4.87. The number of nitrogens with two attached hydrogens (primary N) is 1. The summed E-state index contributed by atoms with van der Waals surface area (Å²) in [6.45, 7) is 1.61. The fraction of sp³-hybridized carbons (Fsp3) is 0.455. The summed E-state index contributed by atoms with van der Waals surface area (Å²) in [5.74, 6) is 0.107.